The highest BCUT2D eigenvalue weighted by molar-refractivity contribution is 6.24. The van der Waals surface area contributed by atoms with E-state index in [1.807, 2.05) is 13.8 Å². The quantitative estimate of drug-likeness (QED) is 0.559. The van der Waals surface area contributed by atoms with Gasteiger partial charge in [-0.25, -0.2) is 4.68 Å². The van der Waals surface area contributed by atoms with E-state index in [0.717, 1.165) is 4.90 Å². The molecule has 1 saturated carbocycles. The maximum absolute atomic E-state index is 13.0. The first-order chi connectivity index (χ1) is 13.9. The summed E-state index contributed by atoms with van der Waals surface area (Å²) in [5.74, 6) is -1.42. The minimum atomic E-state index is -0.904. The third-order valence-electron chi connectivity index (χ3n) is 5.12. The molecule has 0 bridgehead atoms. The van der Waals surface area contributed by atoms with E-state index in [2.05, 4.69) is 10.3 Å². The molecule has 9 heteroatoms. The van der Waals surface area contributed by atoms with Gasteiger partial charge in [-0.3, -0.25) is 24.1 Å². The Hall–Kier alpha value is -3.36. The summed E-state index contributed by atoms with van der Waals surface area (Å²) in [5, 5.41) is 8.04. The molecule has 0 spiro atoms. The van der Waals surface area contributed by atoms with E-state index in [0.29, 0.717) is 5.69 Å². The summed E-state index contributed by atoms with van der Waals surface area (Å²) in [7, 11) is 0. The number of fused-ring (bicyclic) bond motifs is 1. The van der Waals surface area contributed by atoms with Gasteiger partial charge < -0.3 is 4.74 Å². The van der Waals surface area contributed by atoms with Crippen LogP contribution < -0.4 is 4.74 Å². The molecule has 29 heavy (non-hydrogen) atoms. The summed E-state index contributed by atoms with van der Waals surface area (Å²) in [6.07, 6.45) is 1.86. The molecule has 150 valence electrons. The monoisotopic (exact) mass is 396 g/mol. The summed E-state index contributed by atoms with van der Waals surface area (Å²) in [6.45, 7) is 4.03. The molecule has 0 N–H and O–H groups in total. The zero-order chi connectivity index (χ0) is 20.7. The summed E-state index contributed by atoms with van der Waals surface area (Å²) in [6, 6.07) is 4.02. The molecule has 2 heterocycles. The number of ether oxygens (including phenoxy) is 1. The number of carbonyl (C=O) groups is 4. The van der Waals surface area contributed by atoms with Crippen LogP contribution in [0.5, 0.6) is 5.75 Å². The Morgan fingerprint density at radius 2 is 1.97 bits per heavy atom. The van der Waals surface area contributed by atoms with Crippen molar-refractivity contribution in [3.8, 4) is 5.75 Å². The van der Waals surface area contributed by atoms with E-state index < -0.39 is 23.6 Å². The number of amides is 2. The molecule has 4 rings (SSSR count). The number of nitrogens with zero attached hydrogens (tertiary/aromatic N) is 4. The number of Topliss-reactive ketones (excluding diaryl/α,β-unsaturated/α-hetero) is 2. The van der Waals surface area contributed by atoms with Gasteiger partial charge in [0.15, 0.2) is 5.78 Å². The van der Waals surface area contributed by atoms with Crippen LogP contribution in [-0.2, 0) is 16.2 Å². The molecule has 1 fully saturated rings. The minimum absolute atomic E-state index is 0.0848. The van der Waals surface area contributed by atoms with Crippen molar-refractivity contribution >= 4 is 23.4 Å². The van der Waals surface area contributed by atoms with E-state index >= 15 is 0 Å². The van der Waals surface area contributed by atoms with Crippen molar-refractivity contribution in [2.75, 3.05) is 0 Å². The van der Waals surface area contributed by atoms with Crippen LogP contribution in [0.1, 0.15) is 65.6 Å². The van der Waals surface area contributed by atoms with Gasteiger partial charge in [0.2, 0.25) is 0 Å². The molecular formula is C20H20N4O5. The van der Waals surface area contributed by atoms with Crippen molar-refractivity contribution in [3.63, 3.8) is 0 Å². The number of rotatable bonds is 5. The zero-order valence-electron chi connectivity index (χ0n) is 16.1. The van der Waals surface area contributed by atoms with Crippen LogP contribution in [0.3, 0.4) is 0 Å². The molecule has 1 aliphatic heterocycles. The number of ketones is 2. The van der Waals surface area contributed by atoms with Crippen LogP contribution in [0, 0.1) is 0 Å². The highest BCUT2D eigenvalue weighted by Gasteiger charge is 2.45. The topological polar surface area (TPSA) is 111 Å². The average Bonchev–Trinajstić information content (AvgIpc) is 3.25. The van der Waals surface area contributed by atoms with Gasteiger partial charge in [-0.05, 0) is 32.4 Å². The van der Waals surface area contributed by atoms with Crippen LogP contribution in [0.25, 0.3) is 0 Å². The van der Waals surface area contributed by atoms with E-state index in [1.54, 1.807) is 23.0 Å². The lowest BCUT2D eigenvalue weighted by Gasteiger charge is -2.27. The van der Waals surface area contributed by atoms with Gasteiger partial charge >= 0.3 is 0 Å². The molecule has 9 nitrogen and oxygen atoms in total. The average molecular weight is 396 g/mol. The fraction of sp³-hybridized carbons (Fsp3) is 0.400. The maximum Gasteiger partial charge on any atom is 0.266 e. The van der Waals surface area contributed by atoms with Gasteiger partial charge in [-0.1, -0.05) is 11.3 Å². The summed E-state index contributed by atoms with van der Waals surface area (Å²) in [5.41, 5.74) is 0.924. The Kier molecular flexibility index (Phi) is 4.73. The largest absolute Gasteiger partial charge is 0.486 e. The molecule has 1 aromatic heterocycles. The third-order valence-corrected chi connectivity index (χ3v) is 5.12. The Balaban J connectivity index is 1.57. The van der Waals surface area contributed by atoms with Crippen LogP contribution in [0.15, 0.2) is 24.4 Å². The number of hydrogen-bond donors (Lipinski definition) is 0. The van der Waals surface area contributed by atoms with Crippen molar-refractivity contribution in [2.24, 2.45) is 0 Å². The van der Waals surface area contributed by atoms with Crippen molar-refractivity contribution in [1.29, 1.82) is 0 Å². The number of carbonyl (C=O) groups excluding carboxylic acids is 4. The fourth-order valence-electron chi connectivity index (χ4n) is 3.59. The second-order valence-corrected chi connectivity index (χ2v) is 7.47. The van der Waals surface area contributed by atoms with Gasteiger partial charge in [0.1, 0.15) is 23.8 Å². The summed E-state index contributed by atoms with van der Waals surface area (Å²) in [4.78, 5) is 50.6. The summed E-state index contributed by atoms with van der Waals surface area (Å²) < 4.78 is 7.47. The first kappa shape index (κ1) is 19.0. The third kappa shape index (κ3) is 3.32. The SMILES string of the molecule is CC(C)n1cc(COc2cccc3c2C(=O)N(C2CCC(=O)CC2=O)C3=O)nn1. The lowest BCUT2D eigenvalue weighted by atomic mass is 9.92. The van der Waals surface area contributed by atoms with Crippen molar-refractivity contribution < 1.29 is 23.9 Å². The van der Waals surface area contributed by atoms with Gasteiger partial charge in [-0.2, -0.15) is 0 Å². The second kappa shape index (κ2) is 7.23. The van der Waals surface area contributed by atoms with Crippen LogP contribution in [0.4, 0.5) is 0 Å². The lowest BCUT2D eigenvalue weighted by Crippen LogP contribution is -2.47. The second-order valence-electron chi connectivity index (χ2n) is 7.47. The molecule has 1 atom stereocenters. The molecule has 2 amide bonds. The standard InChI is InChI=1S/C20H20N4O5/c1-11(2)23-9-12(21-22-23)10-29-17-5-3-4-14-18(17)20(28)24(19(14)27)15-7-6-13(25)8-16(15)26/h3-5,9,11,15H,6-8,10H2,1-2H3. The Morgan fingerprint density at radius 3 is 2.66 bits per heavy atom. The normalized spacial score (nSPS) is 19.3. The predicted octanol–water partition coefficient (Wildman–Crippen LogP) is 1.72. The summed E-state index contributed by atoms with van der Waals surface area (Å²) >= 11 is 0. The van der Waals surface area contributed by atoms with Crippen molar-refractivity contribution in [2.45, 2.75) is 51.8 Å². The molecule has 2 aliphatic rings. The zero-order valence-corrected chi connectivity index (χ0v) is 16.1. The molecule has 0 saturated heterocycles. The number of imide groups is 1. The van der Waals surface area contributed by atoms with E-state index in [4.69, 9.17) is 4.74 Å². The maximum atomic E-state index is 13.0. The highest BCUT2D eigenvalue weighted by Crippen LogP contribution is 2.34. The van der Waals surface area contributed by atoms with Gasteiger partial charge in [-0.15, -0.1) is 5.10 Å². The van der Waals surface area contributed by atoms with Crippen LogP contribution >= 0.6 is 0 Å². The Bertz CT molecular complexity index is 1030. The first-order valence-electron chi connectivity index (χ1n) is 9.45. The number of aromatic nitrogens is 3. The molecule has 2 aromatic rings. The van der Waals surface area contributed by atoms with Gasteiger partial charge in [0, 0.05) is 12.5 Å². The fourth-order valence-corrected chi connectivity index (χ4v) is 3.59. The van der Waals surface area contributed by atoms with Gasteiger partial charge in [0.25, 0.3) is 11.8 Å². The van der Waals surface area contributed by atoms with Crippen LogP contribution in [-0.4, -0.2) is 49.3 Å². The molecule has 1 aromatic carbocycles. The van der Waals surface area contributed by atoms with Crippen molar-refractivity contribution in [3.05, 3.63) is 41.2 Å². The molecular weight excluding hydrogens is 376 g/mol. The van der Waals surface area contributed by atoms with Gasteiger partial charge in [0.05, 0.1) is 29.8 Å². The van der Waals surface area contributed by atoms with Crippen molar-refractivity contribution in [1.82, 2.24) is 19.9 Å². The molecule has 1 unspecified atom stereocenters. The van der Waals surface area contributed by atoms with E-state index in [1.165, 1.54) is 6.07 Å². The first-order valence-corrected chi connectivity index (χ1v) is 9.45. The van der Waals surface area contributed by atoms with E-state index in [-0.39, 0.29) is 54.6 Å². The highest BCUT2D eigenvalue weighted by atomic mass is 16.5. The van der Waals surface area contributed by atoms with E-state index in [9.17, 15) is 19.2 Å². The van der Waals surface area contributed by atoms with Crippen LogP contribution in [0.2, 0.25) is 0 Å². The predicted molar refractivity (Wildman–Crippen MR) is 99.3 cm³/mol. The molecule has 1 aliphatic carbocycles. The Morgan fingerprint density at radius 1 is 1.17 bits per heavy atom. The smallest absolute Gasteiger partial charge is 0.266 e. The number of benzene rings is 1. The lowest BCUT2D eigenvalue weighted by molar-refractivity contribution is -0.132. The Labute approximate surface area is 166 Å². The minimum Gasteiger partial charge on any atom is -0.486 e. The molecule has 0 radical (unpaired) electrons. The number of hydrogen-bond acceptors (Lipinski definition) is 7.